The maximum absolute atomic E-state index is 6.57. The van der Waals surface area contributed by atoms with Gasteiger partial charge in [0.15, 0.2) is 0 Å². The van der Waals surface area contributed by atoms with E-state index in [0.717, 1.165) is 25.9 Å². The van der Waals surface area contributed by atoms with E-state index in [9.17, 15) is 0 Å². The summed E-state index contributed by atoms with van der Waals surface area (Å²) in [4.78, 5) is 1.53. The Hall–Kier alpha value is -0.380. The molecule has 86 valence electrons. The number of ether oxygens (including phenoxy) is 1. The zero-order valence-electron chi connectivity index (χ0n) is 9.42. The minimum atomic E-state index is 0.0729. The van der Waals surface area contributed by atoms with Gasteiger partial charge in [-0.2, -0.15) is 0 Å². The van der Waals surface area contributed by atoms with Crippen molar-refractivity contribution in [2.75, 3.05) is 13.1 Å². The van der Waals surface area contributed by atoms with Crippen LogP contribution in [-0.2, 0) is 16.8 Å². The molecule has 1 saturated carbocycles. The first kappa shape index (κ1) is 9.63. The van der Waals surface area contributed by atoms with Crippen LogP contribution in [0.25, 0.3) is 0 Å². The van der Waals surface area contributed by atoms with Crippen LogP contribution < -0.4 is 5.32 Å². The standard InChI is InChI=1S/C13H17NOS/c1-8-16-11-10(1)9-12(2-3-12)15-13(11)4-6-14-7-5-13/h1,8,14H,2-7,9H2. The summed E-state index contributed by atoms with van der Waals surface area (Å²) in [6.07, 6.45) is 6.03. The van der Waals surface area contributed by atoms with Crippen LogP contribution in [0.4, 0.5) is 0 Å². The van der Waals surface area contributed by atoms with Gasteiger partial charge in [-0.3, -0.25) is 0 Å². The lowest BCUT2D eigenvalue weighted by Gasteiger charge is -2.44. The molecule has 1 aromatic heterocycles. The molecule has 3 aliphatic rings. The normalized spacial score (nSPS) is 29.2. The van der Waals surface area contributed by atoms with Crippen LogP contribution in [0.2, 0.25) is 0 Å². The smallest absolute Gasteiger partial charge is 0.106 e. The molecule has 16 heavy (non-hydrogen) atoms. The highest BCUT2D eigenvalue weighted by Gasteiger charge is 2.55. The second kappa shape index (κ2) is 3.09. The average Bonchev–Trinajstić information content (AvgIpc) is 2.86. The van der Waals surface area contributed by atoms with Gasteiger partial charge >= 0.3 is 0 Å². The lowest BCUT2D eigenvalue weighted by Crippen LogP contribution is -2.47. The van der Waals surface area contributed by atoms with Crippen LogP contribution in [0.5, 0.6) is 0 Å². The van der Waals surface area contributed by atoms with Gasteiger partial charge in [-0.05, 0) is 55.8 Å². The van der Waals surface area contributed by atoms with Crippen LogP contribution in [0, 0.1) is 0 Å². The van der Waals surface area contributed by atoms with E-state index in [4.69, 9.17) is 4.74 Å². The molecule has 0 bridgehead atoms. The van der Waals surface area contributed by atoms with E-state index in [-0.39, 0.29) is 11.2 Å². The third-order valence-corrected chi connectivity index (χ3v) is 5.45. The maximum Gasteiger partial charge on any atom is 0.106 e. The van der Waals surface area contributed by atoms with Crippen molar-refractivity contribution < 1.29 is 4.74 Å². The summed E-state index contributed by atoms with van der Waals surface area (Å²) < 4.78 is 6.57. The fraction of sp³-hybridized carbons (Fsp3) is 0.692. The number of thiophene rings is 1. The number of hydrogen-bond donors (Lipinski definition) is 1. The Morgan fingerprint density at radius 3 is 2.75 bits per heavy atom. The van der Waals surface area contributed by atoms with Crippen LogP contribution in [0.3, 0.4) is 0 Å². The van der Waals surface area contributed by atoms with E-state index in [0.29, 0.717) is 0 Å². The number of rotatable bonds is 0. The molecule has 0 unspecified atom stereocenters. The molecule has 1 aliphatic carbocycles. The SMILES string of the molecule is c1cc2c(s1)C1(CCNCC1)OC1(CC1)C2. The number of hydrogen-bond acceptors (Lipinski definition) is 3. The molecule has 0 atom stereocenters. The molecular weight excluding hydrogens is 218 g/mol. The van der Waals surface area contributed by atoms with E-state index in [1.54, 1.807) is 5.56 Å². The van der Waals surface area contributed by atoms with E-state index in [1.807, 2.05) is 11.3 Å². The lowest BCUT2D eigenvalue weighted by molar-refractivity contribution is -0.138. The molecule has 2 aliphatic heterocycles. The van der Waals surface area contributed by atoms with Gasteiger partial charge in [0.05, 0.1) is 5.60 Å². The van der Waals surface area contributed by atoms with Crippen molar-refractivity contribution in [3.8, 4) is 0 Å². The zero-order valence-corrected chi connectivity index (χ0v) is 10.2. The Balaban J connectivity index is 1.81. The van der Waals surface area contributed by atoms with Crippen molar-refractivity contribution in [2.45, 2.75) is 43.3 Å². The quantitative estimate of drug-likeness (QED) is 0.745. The molecule has 3 heterocycles. The van der Waals surface area contributed by atoms with Crippen LogP contribution in [0.1, 0.15) is 36.1 Å². The van der Waals surface area contributed by atoms with Gasteiger partial charge in [-0.25, -0.2) is 0 Å². The van der Waals surface area contributed by atoms with Gasteiger partial charge in [-0.15, -0.1) is 11.3 Å². The molecule has 3 heteroatoms. The summed E-state index contributed by atoms with van der Waals surface area (Å²) in [5, 5.41) is 5.70. The predicted molar refractivity (Wildman–Crippen MR) is 64.9 cm³/mol. The molecule has 4 rings (SSSR count). The first-order valence-corrected chi connectivity index (χ1v) is 7.18. The summed E-state index contributed by atoms with van der Waals surface area (Å²) in [6, 6.07) is 2.33. The van der Waals surface area contributed by atoms with Crippen molar-refractivity contribution in [2.24, 2.45) is 0 Å². The Kier molecular flexibility index (Phi) is 1.86. The van der Waals surface area contributed by atoms with Crippen molar-refractivity contribution in [3.05, 3.63) is 21.9 Å². The molecule has 1 N–H and O–H groups in total. The molecule has 0 radical (unpaired) electrons. The van der Waals surface area contributed by atoms with E-state index < -0.39 is 0 Å². The van der Waals surface area contributed by atoms with Crippen LogP contribution >= 0.6 is 11.3 Å². The molecule has 2 nitrogen and oxygen atoms in total. The number of nitrogens with one attached hydrogen (secondary N) is 1. The summed E-state index contributed by atoms with van der Waals surface area (Å²) in [5.74, 6) is 0. The minimum Gasteiger partial charge on any atom is -0.363 e. The Labute approximate surface area is 100 Å². The van der Waals surface area contributed by atoms with Crippen LogP contribution in [0.15, 0.2) is 11.4 Å². The monoisotopic (exact) mass is 235 g/mol. The van der Waals surface area contributed by atoms with Crippen molar-refractivity contribution >= 4 is 11.3 Å². The Bertz CT molecular complexity index is 415. The van der Waals surface area contributed by atoms with Gasteiger partial charge < -0.3 is 10.1 Å². The minimum absolute atomic E-state index is 0.0729. The first-order chi connectivity index (χ1) is 7.82. The molecule has 0 aromatic carbocycles. The molecule has 2 fully saturated rings. The first-order valence-electron chi connectivity index (χ1n) is 6.30. The molecule has 1 saturated heterocycles. The fourth-order valence-electron chi connectivity index (χ4n) is 3.30. The summed E-state index contributed by atoms with van der Waals surface area (Å²) in [6.45, 7) is 2.21. The second-order valence-corrected chi connectivity index (χ2v) is 6.40. The van der Waals surface area contributed by atoms with Gasteiger partial charge in [0.25, 0.3) is 0 Å². The van der Waals surface area contributed by atoms with Gasteiger partial charge in [-0.1, -0.05) is 0 Å². The summed E-state index contributed by atoms with van der Waals surface area (Å²) in [5.41, 5.74) is 1.89. The van der Waals surface area contributed by atoms with Crippen molar-refractivity contribution in [1.82, 2.24) is 5.32 Å². The molecule has 2 spiro atoms. The van der Waals surface area contributed by atoms with E-state index >= 15 is 0 Å². The maximum atomic E-state index is 6.57. The third kappa shape index (κ3) is 1.25. The highest BCUT2D eigenvalue weighted by atomic mass is 32.1. The van der Waals surface area contributed by atoms with Gasteiger partial charge in [0.2, 0.25) is 0 Å². The molecular formula is C13H17NOS. The second-order valence-electron chi connectivity index (χ2n) is 5.48. The number of piperidine rings is 1. The topological polar surface area (TPSA) is 21.3 Å². The molecule has 0 amide bonds. The zero-order chi connectivity index (χ0) is 10.6. The highest BCUT2D eigenvalue weighted by molar-refractivity contribution is 7.10. The summed E-state index contributed by atoms with van der Waals surface area (Å²) >= 11 is 1.91. The third-order valence-electron chi connectivity index (χ3n) is 4.30. The predicted octanol–water partition coefficient (Wildman–Crippen LogP) is 2.43. The Morgan fingerprint density at radius 1 is 1.19 bits per heavy atom. The highest BCUT2D eigenvalue weighted by Crippen LogP contribution is 2.56. The van der Waals surface area contributed by atoms with Crippen molar-refractivity contribution in [1.29, 1.82) is 0 Å². The largest absolute Gasteiger partial charge is 0.363 e. The van der Waals surface area contributed by atoms with Crippen molar-refractivity contribution in [3.63, 3.8) is 0 Å². The van der Waals surface area contributed by atoms with Gasteiger partial charge in [0.1, 0.15) is 5.60 Å². The average molecular weight is 235 g/mol. The van der Waals surface area contributed by atoms with Gasteiger partial charge in [0, 0.05) is 11.3 Å². The Morgan fingerprint density at radius 2 is 2.00 bits per heavy atom. The van der Waals surface area contributed by atoms with E-state index in [2.05, 4.69) is 16.8 Å². The lowest BCUT2D eigenvalue weighted by atomic mass is 9.84. The number of fused-ring (bicyclic) bond motifs is 2. The van der Waals surface area contributed by atoms with Crippen LogP contribution in [-0.4, -0.2) is 18.7 Å². The van der Waals surface area contributed by atoms with E-state index in [1.165, 1.54) is 24.1 Å². The fourth-order valence-corrected chi connectivity index (χ4v) is 4.42. The molecule has 1 aromatic rings. The summed E-state index contributed by atoms with van der Waals surface area (Å²) in [7, 11) is 0.